The van der Waals surface area contributed by atoms with Gasteiger partial charge in [0.1, 0.15) is 28.9 Å². The van der Waals surface area contributed by atoms with Crippen molar-refractivity contribution in [1.29, 1.82) is 0 Å². The molecule has 0 radical (unpaired) electrons. The van der Waals surface area contributed by atoms with E-state index in [1.807, 2.05) is 0 Å². The van der Waals surface area contributed by atoms with Gasteiger partial charge in [0.25, 0.3) is 0 Å². The molecule has 3 rings (SSSR count). The van der Waals surface area contributed by atoms with Crippen molar-refractivity contribution >= 4 is 11.0 Å². The highest BCUT2D eigenvalue weighted by Crippen LogP contribution is 2.24. The Bertz CT molecular complexity index is 864. The average molecular weight is 298 g/mol. The lowest BCUT2D eigenvalue weighted by Crippen LogP contribution is -2.08. The zero-order valence-electron chi connectivity index (χ0n) is 11.6. The molecule has 0 aliphatic heterocycles. The first-order valence-electron chi connectivity index (χ1n) is 6.76. The third kappa shape index (κ3) is 2.80. The topological polar surface area (TPSA) is 90.9 Å². The van der Waals surface area contributed by atoms with E-state index < -0.39 is 6.10 Å². The van der Waals surface area contributed by atoms with Crippen LogP contribution in [-0.2, 0) is 6.42 Å². The summed E-state index contributed by atoms with van der Waals surface area (Å²) in [6.45, 7) is 0. The summed E-state index contributed by atoms with van der Waals surface area (Å²) in [6, 6.07) is 11.9. The van der Waals surface area contributed by atoms with Crippen molar-refractivity contribution in [3.8, 4) is 11.5 Å². The zero-order valence-corrected chi connectivity index (χ0v) is 11.6. The van der Waals surface area contributed by atoms with Crippen LogP contribution < -0.4 is 5.43 Å². The Morgan fingerprint density at radius 3 is 2.36 bits per heavy atom. The van der Waals surface area contributed by atoms with Crippen LogP contribution in [0, 0.1) is 0 Å². The molecule has 0 amide bonds. The van der Waals surface area contributed by atoms with Crippen LogP contribution in [0.5, 0.6) is 11.5 Å². The first-order valence-corrected chi connectivity index (χ1v) is 6.76. The van der Waals surface area contributed by atoms with Crippen LogP contribution in [0.2, 0.25) is 0 Å². The van der Waals surface area contributed by atoms with Crippen LogP contribution >= 0.6 is 0 Å². The number of phenols is 2. The lowest BCUT2D eigenvalue weighted by atomic mass is 10.1. The maximum atomic E-state index is 12.0. The molecule has 0 aliphatic rings. The molecule has 5 nitrogen and oxygen atoms in total. The fourth-order valence-corrected chi connectivity index (χ4v) is 2.28. The minimum Gasteiger partial charge on any atom is -0.508 e. The second-order valence-corrected chi connectivity index (χ2v) is 5.08. The van der Waals surface area contributed by atoms with Crippen molar-refractivity contribution in [2.75, 3.05) is 0 Å². The van der Waals surface area contributed by atoms with Gasteiger partial charge in [-0.2, -0.15) is 0 Å². The summed E-state index contributed by atoms with van der Waals surface area (Å²) < 4.78 is 5.52. The number of aliphatic hydroxyl groups excluding tert-OH is 1. The molecule has 1 unspecified atom stereocenters. The van der Waals surface area contributed by atoms with Crippen LogP contribution in [-0.4, -0.2) is 15.3 Å². The van der Waals surface area contributed by atoms with Crippen LogP contribution in [0.1, 0.15) is 17.4 Å². The van der Waals surface area contributed by atoms with E-state index in [9.17, 15) is 20.1 Å². The highest BCUT2D eigenvalue weighted by molar-refractivity contribution is 5.77. The Morgan fingerprint density at radius 2 is 1.64 bits per heavy atom. The summed E-state index contributed by atoms with van der Waals surface area (Å²) >= 11 is 0. The molecule has 112 valence electrons. The quantitative estimate of drug-likeness (QED) is 0.691. The Labute approximate surface area is 125 Å². The predicted octanol–water partition coefficient (Wildman–Crippen LogP) is 2.48. The van der Waals surface area contributed by atoms with E-state index in [1.165, 1.54) is 36.4 Å². The zero-order chi connectivity index (χ0) is 15.7. The summed E-state index contributed by atoms with van der Waals surface area (Å²) in [5, 5.41) is 29.3. The third-order valence-electron chi connectivity index (χ3n) is 3.43. The molecule has 22 heavy (non-hydrogen) atoms. The lowest BCUT2D eigenvalue weighted by Gasteiger charge is -2.11. The van der Waals surface area contributed by atoms with E-state index >= 15 is 0 Å². The number of aliphatic hydroxyl groups is 1. The molecule has 5 heteroatoms. The van der Waals surface area contributed by atoms with Crippen LogP contribution in [0.25, 0.3) is 11.0 Å². The van der Waals surface area contributed by atoms with Crippen molar-refractivity contribution < 1.29 is 19.7 Å². The largest absolute Gasteiger partial charge is 0.508 e. The highest BCUT2D eigenvalue weighted by atomic mass is 16.4. The van der Waals surface area contributed by atoms with Gasteiger partial charge in [0.05, 0.1) is 5.39 Å². The van der Waals surface area contributed by atoms with Gasteiger partial charge >= 0.3 is 0 Å². The van der Waals surface area contributed by atoms with E-state index in [1.54, 1.807) is 12.1 Å². The summed E-state index contributed by atoms with van der Waals surface area (Å²) in [6.07, 6.45) is -0.753. The summed E-state index contributed by atoms with van der Waals surface area (Å²) in [7, 11) is 0. The standard InChI is InChI=1S/C17H14O5/c18-11-3-1-10(2-4-11)7-15(21)17-9-14(20)13-6-5-12(19)8-16(13)22-17/h1-6,8-9,15,18-19,21H,7H2. The van der Waals surface area contributed by atoms with Crippen LogP contribution in [0.15, 0.2) is 57.7 Å². The van der Waals surface area contributed by atoms with Gasteiger partial charge in [-0.15, -0.1) is 0 Å². The average Bonchev–Trinajstić information content (AvgIpc) is 2.49. The molecule has 3 N–H and O–H groups in total. The normalized spacial score (nSPS) is 12.4. The number of fused-ring (bicyclic) bond motifs is 1. The lowest BCUT2D eigenvalue weighted by molar-refractivity contribution is 0.151. The summed E-state index contributed by atoms with van der Waals surface area (Å²) in [5.41, 5.74) is 0.747. The monoisotopic (exact) mass is 298 g/mol. The van der Waals surface area contributed by atoms with E-state index in [4.69, 9.17) is 4.42 Å². The maximum absolute atomic E-state index is 12.0. The van der Waals surface area contributed by atoms with Gasteiger partial charge in [-0.25, -0.2) is 0 Å². The maximum Gasteiger partial charge on any atom is 0.193 e. The SMILES string of the molecule is O=c1cc(C(O)Cc2ccc(O)cc2)oc2cc(O)ccc12. The highest BCUT2D eigenvalue weighted by Gasteiger charge is 2.14. The van der Waals surface area contributed by atoms with Crippen molar-refractivity contribution in [3.63, 3.8) is 0 Å². The molecule has 1 heterocycles. The van der Waals surface area contributed by atoms with Gasteiger partial charge in [-0.3, -0.25) is 4.79 Å². The molecule has 0 bridgehead atoms. The molecule has 0 saturated carbocycles. The summed E-state index contributed by atoms with van der Waals surface area (Å²) in [5.74, 6) is 0.267. The number of hydrogen-bond acceptors (Lipinski definition) is 5. The Hall–Kier alpha value is -2.79. The second-order valence-electron chi connectivity index (χ2n) is 5.08. The minimum atomic E-state index is -0.996. The number of phenolic OH excluding ortho intramolecular Hbond substituents is 2. The van der Waals surface area contributed by atoms with Gasteiger partial charge in [0.15, 0.2) is 5.43 Å². The van der Waals surface area contributed by atoms with Gasteiger partial charge in [0, 0.05) is 18.6 Å². The van der Waals surface area contributed by atoms with Crippen molar-refractivity contribution in [3.05, 3.63) is 70.1 Å². The van der Waals surface area contributed by atoms with E-state index in [2.05, 4.69) is 0 Å². The Balaban J connectivity index is 1.95. The van der Waals surface area contributed by atoms with Gasteiger partial charge in [-0.05, 0) is 29.8 Å². The van der Waals surface area contributed by atoms with Crippen molar-refractivity contribution in [2.24, 2.45) is 0 Å². The fourth-order valence-electron chi connectivity index (χ4n) is 2.28. The molecule has 1 aromatic heterocycles. The Morgan fingerprint density at radius 1 is 0.955 bits per heavy atom. The van der Waals surface area contributed by atoms with Crippen molar-refractivity contribution in [2.45, 2.75) is 12.5 Å². The van der Waals surface area contributed by atoms with Gasteiger partial charge in [0.2, 0.25) is 0 Å². The molecule has 0 fully saturated rings. The first kappa shape index (κ1) is 14.2. The van der Waals surface area contributed by atoms with Crippen LogP contribution in [0.3, 0.4) is 0 Å². The number of aromatic hydroxyl groups is 2. The molecular weight excluding hydrogens is 284 g/mol. The fraction of sp³-hybridized carbons (Fsp3) is 0.118. The van der Waals surface area contributed by atoms with Crippen molar-refractivity contribution in [1.82, 2.24) is 0 Å². The molecular formula is C17H14O5. The molecule has 0 aliphatic carbocycles. The van der Waals surface area contributed by atoms with E-state index in [-0.39, 0.29) is 34.7 Å². The van der Waals surface area contributed by atoms with E-state index in [0.29, 0.717) is 5.39 Å². The van der Waals surface area contributed by atoms with Gasteiger partial charge < -0.3 is 19.7 Å². The smallest absolute Gasteiger partial charge is 0.193 e. The van der Waals surface area contributed by atoms with Crippen LogP contribution in [0.4, 0.5) is 0 Å². The van der Waals surface area contributed by atoms with Gasteiger partial charge in [-0.1, -0.05) is 12.1 Å². The second kappa shape index (κ2) is 5.54. The minimum absolute atomic E-state index is 0.0131. The Kier molecular flexibility index (Phi) is 3.56. The number of rotatable bonds is 3. The third-order valence-corrected chi connectivity index (χ3v) is 3.43. The van der Waals surface area contributed by atoms with E-state index in [0.717, 1.165) is 5.56 Å². The molecule has 0 saturated heterocycles. The first-order chi connectivity index (χ1) is 10.5. The predicted molar refractivity (Wildman–Crippen MR) is 80.9 cm³/mol. The summed E-state index contributed by atoms with van der Waals surface area (Å²) in [4.78, 5) is 12.0. The number of benzene rings is 2. The molecule has 1 atom stereocenters. The molecule has 3 aromatic rings. The number of hydrogen-bond donors (Lipinski definition) is 3. The molecule has 0 spiro atoms. The molecule has 2 aromatic carbocycles.